The van der Waals surface area contributed by atoms with E-state index >= 15 is 0 Å². The van der Waals surface area contributed by atoms with E-state index in [0.29, 0.717) is 25.0 Å². The second kappa shape index (κ2) is 6.70. The molecule has 1 aromatic rings. The van der Waals surface area contributed by atoms with E-state index in [1.807, 2.05) is 47.6 Å². The van der Waals surface area contributed by atoms with Crippen molar-refractivity contribution < 1.29 is 9.47 Å². The Morgan fingerprint density at radius 3 is 2.58 bits per heavy atom. The van der Waals surface area contributed by atoms with Gasteiger partial charge in [-0.05, 0) is 41.5 Å². The zero-order valence-electron chi connectivity index (χ0n) is 12.8. The number of ether oxygens (including phenoxy) is 2. The van der Waals surface area contributed by atoms with E-state index < -0.39 is 0 Å². The maximum Gasteiger partial charge on any atom is 0.226 e. The van der Waals surface area contributed by atoms with Crippen molar-refractivity contribution in [2.24, 2.45) is 0 Å². The average Bonchev–Trinajstić information content (AvgIpc) is 2.24. The molecule has 0 aliphatic heterocycles. The molecule has 0 amide bonds. The Morgan fingerprint density at radius 1 is 1.32 bits per heavy atom. The Bertz CT molecular complexity index is 406. The van der Waals surface area contributed by atoms with E-state index in [0.717, 1.165) is 5.69 Å². The molecular formula is C14H25N3O2. The van der Waals surface area contributed by atoms with Crippen molar-refractivity contribution in [3.8, 4) is 5.88 Å². The number of hydrogen-bond acceptors (Lipinski definition) is 5. The normalized spacial score (nSPS) is 11.7. The first-order valence-corrected chi connectivity index (χ1v) is 6.72. The zero-order chi connectivity index (χ0) is 14.5. The van der Waals surface area contributed by atoms with Crippen LogP contribution in [0.15, 0.2) is 6.07 Å². The molecule has 0 unspecified atom stereocenters. The molecular weight excluding hydrogens is 242 g/mol. The van der Waals surface area contributed by atoms with Gasteiger partial charge in [-0.25, -0.2) is 4.98 Å². The molecule has 1 N–H and O–H groups in total. The monoisotopic (exact) mass is 267 g/mol. The quantitative estimate of drug-likeness (QED) is 0.823. The molecule has 0 bridgehead atoms. The van der Waals surface area contributed by atoms with Gasteiger partial charge in [-0.2, -0.15) is 4.98 Å². The number of hydrogen-bond donors (Lipinski definition) is 1. The largest absolute Gasteiger partial charge is 0.475 e. The molecule has 5 nitrogen and oxygen atoms in total. The Hall–Kier alpha value is -1.36. The Morgan fingerprint density at radius 2 is 2.00 bits per heavy atom. The van der Waals surface area contributed by atoms with Gasteiger partial charge in [-0.3, -0.25) is 0 Å². The number of rotatable bonds is 7. The lowest BCUT2D eigenvalue weighted by Gasteiger charge is -2.25. The lowest BCUT2D eigenvalue weighted by atomic mass is 10.1. The van der Waals surface area contributed by atoms with Crippen LogP contribution in [0.25, 0.3) is 0 Å². The van der Waals surface area contributed by atoms with Crippen LogP contribution in [0.3, 0.4) is 0 Å². The SMILES string of the molecule is CCOC(C)(C)CNc1nc(C)cc(OC(C)C)n1. The molecule has 1 rings (SSSR count). The molecule has 0 fully saturated rings. The van der Waals surface area contributed by atoms with Gasteiger partial charge in [0.2, 0.25) is 11.8 Å². The van der Waals surface area contributed by atoms with E-state index in [9.17, 15) is 0 Å². The molecule has 0 spiro atoms. The molecule has 5 heteroatoms. The van der Waals surface area contributed by atoms with Crippen LogP contribution in [0.5, 0.6) is 5.88 Å². The summed E-state index contributed by atoms with van der Waals surface area (Å²) in [5, 5.41) is 3.20. The minimum Gasteiger partial charge on any atom is -0.475 e. The highest BCUT2D eigenvalue weighted by Crippen LogP contribution is 2.15. The Labute approximate surface area is 115 Å². The third kappa shape index (κ3) is 5.87. The topological polar surface area (TPSA) is 56.3 Å². The second-order valence-corrected chi connectivity index (χ2v) is 5.38. The van der Waals surface area contributed by atoms with Gasteiger partial charge in [0.1, 0.15) is 0 Å². The highest BCUT2D eigenvalue weighted by Gasteiger charge is 2.18. The van der Waals surface area contributed by atoms with Crippen molar-refractivity contribution >= 4 is 5.95 Å². The maximum atomic E-state index is 5.63. The van der Waals surface area contributed by atoms with Gasteiger partial charge in [0, 0.05) is 24.9 Å². The zero-order valence-corrected chi connectivity index (χ0v) is 12.8. The number of anilines is 1. The predicted molar refractivity (Wildman–Crippen MR) is 76.7 cm³/mol. The molecule has 0 saturated carbocycles. The van der Waals surface area contributed by atoms with E-state index in [1.165, 1.54) is 0 Å². The van der Waals surface area contributed by atoms with Gasteiger partial charge in [-0.1, -0.05) is 0 Å². The van der Waals surface area contributed by atoms with E-state index in [4.69, 9.17) is 9.47 Å². The molecule has 0 aliphatic carbocycles. The van der Waals surface area contributed by atoms with Crippen molar-refractivity contribution in [2.45, 2.75) is 53.2 Å². The van der Waals surface area contributed by atoms with Crippen molar-refractivity contribution in [1.29, 1.82) is 0 Å². The first kappa shape index (κ1) is 15.7. The maximum absolute atomic E-state index is 5.63. The molecule has 0 aromatic carbocycles. The van der Waals surface area contributed by atoms with Crippen molar-refractivity contribution in [3.63, 3.8) is 0 Å². The molecule has 0 saturated heterocycles. The Balaban J connectivity index is 2.70. The highest BCUT2D eigenvalue weighted by molar-refractivity contribution is 5.31. The van der Waals surface area contributed by atoms with Gasteiger partial charge in [-0.15, -0.1) is 0 Å². The summed E-state index contributed by atoms with van der Waals surface area (Å²) in [6, 6.07) is 1.83. The molecule has 19 heavy (non-hydrogen) atoms. The first-order chi connectivity index (χ1) is 8.82. The fraction of sp³-hybridized carbons (Fsp3) is 0.714. The molecule has 1 aromatic heterocycles. The molecule has 0 aliphatic rings. The number of nitrogens with one attached hydrogen (secondary N) is 1. The lowest BCUT2D eigenvalue weighted by Crippen LogP contribution is -2.33. The van der Waals surface area contributed by atoms with Crippen molar-refractivity contribution in [2.75, 3.05) is 18.5 Å². The van der Waals surface area contributed by atoms with E-state index in [1.54, 1.807) is 0 Å². The average molecular weight is 267 g/mol. The summed E-state index contributed by atoms with van der Waals surface area (Å²) < 4.78 is 11.2. The second-order valence-electron chi connectivity index (χ2n) is 5.38. The van der Waals surface area contributed by atoms with Crippen LogP contribution in [0.1, 0.15) is 40.3 Å². The first-order valence-electron chi connectivity index (χ1n) is 6.72. The number of nitrogens with zero attached hydrogens (tertiary/aromatic N) is 2. The van der Waals surface area contributed by atoms with Gasteiger partial charge in [0.15, 0.2) is 0 Å². The summed E-state index contributed by atoms with van der Waals surface area (Å²) in [4.78, 5) is 8.68. The molecule has 0 atom stereocenters. The van der Waals surface area contributed by atoms with Crippen LogP contribution in [0.4, 0.5) is 5.95 Å². The number of aryl methyl sites for hydroxylation is 1. The van der Waals surface area contributed by atoms with Gasteiger partial charge in [0.05, 0.1) is 11.7 Å². The summed E-state index contributed by atoms with van der Waals surface area (Å²) in [6.45, 7) is 13.3. The molecule has 108 valence electrons. The van der Waals surface area contributed by atoms with Crippen LogP contribution < -0.4 is 10.1 Å². The summed E-state index contributed by atoms with van der Waals surface area (Å²) in [7, 11) is 0. The summed E-state index contributed by atoms with van der Waals surface area (Å²) in [5.74, 6) is 1.17. The third-order valence-corrected chi connectivity index (χ3v) is 2.39. The smallest absolute Gasteiger partial charge is 0.226 e. The Kier molecular flexibility index (Phi) is 5.54. The van der Waals surface area contributed by atoms with Gasteiger partial charge >= 0.3 is 0 Å². The van der Waals surface area contributed by atoms with E-state index in [2.05, 4.69) is 15.3 Å². The third-order valence-electron chi connectivity index (χ3n) is 2.39. The highest BCUT2D eigenvalue weighted by atomic mass is 16.5. The lowest BCUT2D eigenvalue weighted by molar-refractivity contribution is 0.000563. The molecule has 0 radical (unpaired) electrons. The molecule has 1 heterocycles. The van der Waals surface area contributed by atoms with Crippen molar-refractivity contribution in [1.82, 2.24) is 9.97 Å². The van der Waals surface area contributed by atoms with E-state index in [-0.39, 0.29) is 11.7 Å². The fourth-order valence-electron chi connectivity index (χ4n) is 1.65. The summed E-state index contributed by atoms with van der Waals surface area (Å²) >= 11 is 0. The number of aromatic nitrogens is 2. The van der Waals surface area contributed by atoms with Gasteiger partial charge < -0.3 is 14.8 Å². The fourth-order valence-corrected chi connectivity index (χ4v) is 1.65. The van der Waals surface area contributed by atoms with Crippen LogP contribution in [0.2, 0.25) is 0 Å². The summed E-state index contributed by atoms with van der Waals surface area (Å²) in [6.07, 6.45) is 0.0991. The van der Waals surface area contributed by atoms with Crippen LogP contribution >= 0.6 is 0 Å². The summed E-state index contributed by atoms with van der Waals surface area (Å²) in [5.41, 5.74) is 0.628. The standard InChI is InChI=1S/C14H25N3O2/c1-7-18-14(5,6)9-15-13-16-11(4)8-12(17-13)19-10(2)3/h8,10H,7,9H2,1-6H3,(H,15,16,17). The van der Waals surface area contributed by atoms with Crippen LogP contribution in [-0.2, 0) is 4.74 Å². The predicted octanol–water partition coefficient (Wildman–Crippen LogP) is 2.80. The van der Waals surface area contributed by atoms with Crippen LogP contribution in [0, 0.1) is 6.92 Å². The van der Waals surface area contributed by atoms with Crippen LogP contribution in [-0.4, -0.2) is 34.8 Å². The van der Waals surface area contributed by atoms with Crippen molar-refractivity contribution in [3.05, 3.63) is 11.8 Å². The van der Waals surface area contributed by atoms with Gasteiger partial charge in [0.25, 0.3) is 0 Å². The minimum absolute atomic E-state index is 0.0991. The minimum atomic E-state index is -0.249.